The highest BCUT2D eigenvalue weighted by Gasteiger charge is 2.27. The van der Waals surface area contributed by atoms with Gasteiger partial charge in [-0.1, -0.05) is 36.7 Å². The Bertz CT molecular complexity index is 1070. The molecule has 9 heteroatoms. The van der Waals surface area contributed by atoms with Gasteiger partial charge in [-0.25, -0.2) is 16.8 Å². The third-order valence-electron chi connectivity index (χ3n) is 4.53. The van der Waals surface area contributed by atoms with E-state index in [1.807, 2.05) is 6.92 Å². The minimum atomic E-state index is -3.65. The zero-order valence-corrected chi connectivity index (χ0v) is 17.9. The molecule has 0 fully saturated rings. The van der Waals surface area contributed by atoms with Crippen LogP contribution in [-0.4, -0.2) is 29.1 Å². The molecule has 0 saturated carbocycles. The third kappa shape index (κ3) is 4.79. The Morgan fingerprint density at radius 2 is 1.86 bits per heavy atom. The predicted octanol–water partition coefficient (Wildman–Crippen LogP) is 3.77. The minimum Gasteiger partial charge on any atom is -0.283 e. The fourth-order valence-corrected chi connectivity index (χ4v) is 6.44. The summed E-state index contributed by atoms with van der Waals surface area (Å²) < 4.78 is 54.1. The first-order valence-corrected chi connectivity index (χ1v) is 12.7. The summed E-state index contributed by atoms with van der Waals surface area (Å²) in [4.78, 5) is 0. The molecule has 0 amide bonds. The maximum absolute atomic E-state index is 12.5. The lowest BCUT2D eigenvalue weighted by molar-refractivity contribution is 0.585. The van der Waals surface area contributed by atoms with Gasteiger partial charge in [0.2, 0.25) is 20.0 Å². The molecule has 1 N–H and O–H groups in total. The summed E-state index contributed by atoms with van der Waals surface area (Å²) in [5, 5.41) is 0.398. The maximum Gasteiger partial charge on any atom is 0.236 e. The Hall–Kier alpha value is -1.77. The number of hydrogen-bond acceptors (Lipinski definition) is 4. The minimum absolute atomic E-state index is 0.0959. The Morgan fingerprint density at radius 3 is 2.57 bits per heavy atom. The highest BCUT2D eigenvalue weighted by atomic mass is 35.5. The fourth-order valence-electron chi connectivity index (χ4n) is 3.32. The normalized spacial score (nSPS) is 14.6. The first-order chi connectivity index (χ1) is 13.2. The number of nitrogens with zero attached hydrogens (tertiary/aromatic N) is 1. The molecular weight excluding hydrogens is 420 g/mol. The zero-order chi connectivity index (χ0) is 20.4. The van der Waals surface area contributed by atoms with E-state index in [4.69, 9.17) is 11.6 Å². The number of anilines is 2. The monoisotopic (exact) mass is 442 g/mol. The second kappa shape index (κ2) is 8.31. The standard InChI is InChI=1S/C19H23ClN2O4S2/c1-2-12-28(25,26)22-11-5-7-15-13-17(9-10-19(15)22)21-27(23,24)14-16-6-3-4-8-18(16)20/h3-4,6,8-10,13,21H,2,5,7,11-12,14H2,1H3. The van der Waals surface area contributed by atoms with Crippen molar-refractivity contribution in [2.75, 3.05) is 21.3 Å². The predicted molar refractivity (Wildman–Crippen MR) is 114 cm³/mol. The number of nitrogens with one attached hydrogen (secondary N) is 1. The van der Waals surface area contributed by atoms with E-state index >= 15 is 0 Å². The molecule has 3 rings (SSSR count). The van der Waals surface area contributed by atoms with Crippen molar-refractivity contribution in [2.24, 2.45) is 0 Å². The van der Waals surface area contributed by atoms with Crippen molar-refractivity contribution in [3.8, 4) is 0 Å². The summed E-state index contributed by atoms with van der Waals surface area (Å²) >= 11 is 6.06. The lowest BCUT2D eigenvalue weighted by atomic mass is 10.0. The highest BCUT2D eigenvalue weighted by molar-refractivity contribution is 7.92. The Labute approximate surface area is 171 Å². The van der Waals surface area contributed by atoms with Crippen LogP contribution in [0, 0.1) is 0 Å². The maximum atomic E-state index is 12.5. The second-order valence-corrected chi connectivity index (χ2v) is 10.9. The smallest absolute Gasteiger partial charge is 0.236 e. The summed E-state index contributed by atoms with van der Waals surface area (Å²) in [5.41, 5.74) is 2.39. The van der Waals surface area contributed by atoms with Crippen molar-refractivity contribution in [3.05, 3.63) is 58.6 Å². The van der Waals surface area contributed by atoms with Crippen LogP contribution in [0.3, 0.4) is 0 Å². The van der Waals surface area contributed by atoms with E-state index in [-0.39, 0.29) is 11.5 Å². The molecule has 1 aliphatic heterocycles. The van der Waals surface area contributed by atoms with Gasteiger partial charge in [0.15, 0.2) is 0 Å². The van der Waals surface area contributed by atoms with Crippen LogP contribution in [0.15, 0.2) is 42.5 Å². The van der Waals surface area contributed by atoms with Gasteiger partial charge in [-0.3, -0.25) is 9.03 Å². The van der Waals surface area contributed by atoms with Gasteiger partial charge < -0.3 is 0 Å². The molecule has 0 aromatic heterocycles. The second-order valence-electron chi connectivity index (χ2n) is 6.79. The van der Waals surface area contributed by atoms with Gasteiger partial charge in [0.25, 0.3) is 0 Å². The Balaban J connectivity index is 1.83. The molecular formula is C19H23ClN2O4S2. The van der Waals surface area contributed by atoms with E-state index in [2.05, 4.69) is 4.72 Å². The third-order valence-corrected chi connectivity index (χ3v) is 8.11. The molecule has 0 unspecified atom stereocenters. The van der Waals surface area contributed by atoms with Crippen molar-refractivity contribution in [3.63, 3.8) is 0 Å². The summed E-state index contributed by atoms with van der Waals surface area (Å²) in [7, 11) is -7.01. The Morgan fingerprint density at radius 1 is 1.11 bits per heavy atom. The molecule has 0 saturated heterocycles. The molecule has 0 radical (unpaired) electrons. The van der Waals surface area contributed by atoms with Crippen LogP contribution in [-0.2, 0) is 32.2 Å². The molecule has 0 atom stereocenters. The summed E-state index contributed by atoms with van der Waals surface area (Å²) in [6.45, 7) is 2.28. The number of rotatable bonds is 7. The number of halogens is 1. The number of sulfonamides is 2. The summed E-state index contributed by atoms with van der Waals surface area (Å²) in [6.07, 6.45) is 1.95. The van der Waals surface area contributed by atoms with Crippen molar-refractivity contribution < 1.29 is 16.8 Å². The van der Waals surface area contributed by atoms with Crippen LogP contribution in [0.4, 0.5) is 11.4 Å². The Kier molecular flexibility index (Phi) is 6.21. The quantitative estimate of drug-likeness (QED) is 0.707. The first-order valence-electron chi connectivity index (χ1n) is 9.09. The van der Waals surface area contributed by atoms with E-state index in [1.165, 1.54) is 4.31 Å². The SMILES string of the molecule is CCCS(=O)(=O)N1CCCc2cc(NS(=O)(=O)Cc3ccccc3Cl)ccc21. The van der Waals surface area contributed by atoms with E-state index in [9.17, 15) is 16.8 Å². The van der Waals surface area contributed by atoms with Gasteiger partial charge in [-0.2, -0.15) is 0 Å². The van der Waals surface area contributed by atoms with Gasteiger partial charge >= 0.3 is 0 Å². The van der Waals surface area contributed by atoms with Crippen molar-refractivity contribution in [2.45, 2.75) is 31.9 Å². The molecule has 0 bridgehead atoms. The average Bonchev–Trinajstić information content (AvgIpc) is 2.62. The summed E-state index contributed by atoms with van der Waals surface area (Å²) in [5.74, 6) is -0.139. The van der Waals surface area contributed by atoms with Gasteiger partial charge in [-0.15, -0.1) is 0 Å². The lowest BCUT2D eigenvalue weighted by Crippen LogP contribution is -2.37. The molecule has 1 aliphatic rings. The topological polar surface area (TPSA) is 83.6 Å². The number of hydrogen-bond donors (Lipinski definition) is 1. The van der Waals surface area contributed by atoms with Gasteiger partial charge in [-0.05, 0) is 54.7 Å². The number of aryl methyl sites for hydroxylation is 1. The van der Waals surface area contributed by atoms with E-state index < -0.39 is 20.0 Å². The highest BCUT2D eigenvalue weighted by Crippen LogP contribution is 2.32. The lowest BCUT2D eigenvalue weighted by Gasteiger charge is -2.30. The van der Waals surface area contributed by atoms with E-state index in [0.717, 1.165) is 5.56 Å². The zero-order valence-electron chi connectivity index (χ0n) is 15.6. The molecule has 0 aliphatic carbocycles. The van der Waals surface area contributed by atoms with Crippen LogP contribution in [0.5, 0.6) is 0 Å². The van der Waals surface area contributed by atoms with Crippen molar-refractivity contribution in [1.82, 2.24) is 0 Å². The molecule has 1 heterocycles. The molecule has 152 valence electrons. The number of fused-ring (bicyclic) bond motifs is 1. The summed E-state index contributed by atoms with van der Waals surface area (Å²) in [6, 6.07) is 11.8. The average molecular weight is 443 g/mol. The van der Waals surface area contributed by atoms with Crippen LogP contribution < -0.4 is 9.03 Å². The molecule has 0 spiro atoms. The van der Waals surface area contributed by atoms with Gasteiger partial charge in [0.1, 0.15) is 0 Å². The van der Waals surface area contributed by atoms with Crippen LogP contribution >= 0.6 is 11.6 Å². The van der Waals surface area contributed by atoms with Gasteiger partial charge in [0.05, 0.1) is 17.2 Å². The van der Waals surface area contributed by atoms with Crippen molar-refractivity contribution >= 4 is 43.0 Å². The first kappa shape index (κ1) is 21.0. The van der Waals surface area contributed by atoms with Gasteiger partial charge in [0, 0.05) is 17.3 Å². The van der Waals surface area contributed by atoms with Crippen LogP contribution in [0.1, 0.15) is 30.9 Å². The van der Waals surface area contributed by atoms with Crippen LogP contribution in [0.25, 0.3) is 0 Å². The molecule has 2 aromatic carbocycles. The van der Waals surface area contributed by atoms with Crippen molar-refractivity contribution in [1.29, 1.82) is 0 Å². The fraction of sp³-hybridized carbons (Fsp3) is 0.368. The van der Waals surface area contributed by atoms with E-state index in [1.54, 1.807) is 42.5 Å². The van der Waals surface area contributed by atoms with E-state index in [0.29, 0.717) is 47.8 Å². The molecule has 2 aromatic rings. The largest absolute Gasteiger partial charge is 0.283 e. The van der Waals surface area contributed by atoms with Crippen LogP contribution in [0.2, 0.25) is 5.02 Å². The molecule has 28 heavy (non-hydrogen) atoms. The number of benzene rings is 2. The molecule has 6 nitrogen and oxygen atoms in total.